The van der Waals surface area contributed by atoms with Crippen molar-refractivity contribution in [1.82, 2.24) is 0 Å². The molecule has 0 spiro atoms. The van der Waals surface area contributed by atoms with Crippen LogP contribution in [-0.2, 0) is 7.05 Å². The fraction of sp³-hybridized carbons (Fsp3) is 0.250. The molecule has 1 aromatic heterocycles. The third kappa shape index (κ3) is 2.10. The molecular weight excluding hydrogens is 273 g/mol. The molecule has 0 bridgehead atoms. The van der Waals surface area contributed by atoms with Crippen molar-refractivity contribution in [3.8, 4) is 11.3 Å². The Morgan fingerprint density at radius 3 is 2.18 bits per heavy atom. The Hall–Kier alpha value is -2.22. The number of halogens is 1. The average Bonchev–Trinajstić information content (AvgIpc) is 2.50. The molecule has 1 heterocycles. The smallest absolute Gasteiger partial charge is 0.206 e. The molecule has 0 saturated heterocycles. The quantitative estimate of drug-likeness (QED) is 0.573. The molecular formula is C20H21FN+. The van der Waals surface area contributed by atoms with E-state index in [4.69, 9.17) is 0 Å². The second kappa shape index (κ2) is 5.20. The van der Waals surface area contributed by atoms with E-state index in [-0.39, 0.29) is 5.82 Å². The first-order valence-electron chi connectivity index (χ1n) is 7.56. The Morgan fingerprint density at radius 1 is 0.864 bits per heavy atom. The van der Waals surface area contributed by atoms with E-state index >= 15 is 0 Å². The lowest BCUT2D eigenvalue weighted by Crippen LogP contribution is -2.31. The van der Waals surface area contributed by atoms with Crippen LogP contribution in [0.3, 0.4) is 0 Å². The second-order valence-corrected chi connectivity index (χ2v) is 6.12. The van der Waals surface area contributed by atoms with Gasteiger partial charge in [-0.15, -0.1) is 0 Å². The summed E-state index contributed by atoms with van der Waals surface area (Å²) in [6.07, 6.45) is 2.14. The Bertz CT molecular complexity index is 894. The summed E-state index contributed by atoms with van der Waals surface area (Å²) in [6, 6.07) is 10.4. The standard InChI is InChI=1S/C20H21FN/c1-12-10-18(14(3)15(4)19(12)21)20-17-9-7-6-8-16(17)13(2)11-22(20)5/h6-11H,1-5H3/q+1. The summed E-state index contributed by atoms with van der Waals surface area (Å²) < 4.78 is 16.3. The van der Waals surface area contributed by atoms with Crippen LogP contribution < -0.4 is 4.57 Å². The third-order valence-electron chi connectivity index (χ3n) is 4.60. The van der Waals surface area contributed by atoms with E-state index in [2.05, 4.69) is 49.0 Å². The molecule has 0 fully saturated rings. The minimum Gasteiger partial charge on any atom is -0.206 e. The molecule has 0 amide bonds. The van der Waals surface area contributed by atoms with Crippen LogP contribution >= 0.6 is 0 Å². The number of aromatic nitrogens is 1. The van der Waals surface area contributed by atoms with E-state index < -0.39 is 0 Å². The Morgan fingerprint density at radius 2 is 1.50 bits per heavy atom. The van der Waals surface area contributed by atoms with Crippen LogP contribution in [-0.4, -0.2) is 0 Å². The third-order valence-corrected chi connectivity index (χ3v) is 4.60. The lowest BCUT2D eigenvalue weighted by molar-refractivity contribution is -0.659. The van der Waals surface area contributed by atoms with Gasteiger partial charge in [0.1, 0.15) is 12.9 Å². The number of hydrogen-bond donors (Lipinski definition) is 0. The molecule has 0 radical (unpaired) electrons. The van der Waals surface area contributed by atoms with Crippen LogP contribution in [0.5, 0.6) is 0 Å². The molecule has 0 N–H and O–H groups in total. The molecule has 0 atom stereocenters. The van der Waals surface area contributed by atoms with Crippen LogP contribution in [0.15, 0.2) is 36.5 Å². The Kier molecular flexibility index (Phi) is 3.48. The van der Waals surface area contributed by atoms with Crippen molar-refractivity contribution in [1.29, 1.82) is 0 Å². The molecule has 22 heavy (non-hydrogen) atoms. The first kappa shape index (κ1) is 14.7. The van der Waals surface area contributed by atoms with Gasteiger partial charge in [0, 0.05) is 5.56 Å². The van der Waals surface area contributed by atoms with Crippen molar-refractivity contribution in [3.05, 3.63) is 64.6 Å². The van der Waals surface area contributed by atoms with E-state index in [1.165, 1.54) is 16.3 Å². The zero-order chi connectivity index (χ0) is 16.0. The number of pyridine rings is 1. The van der Waals surface area contributed by atoms with Gasteiger partial charge in [0.25, 0.3) is 0 Å². The average molecular weight is 294 g/mol. The van der Waals surface area contributed by atoms with E-state index in [0.29, 0.717) is 5.56 Å². The van der Waals surface area contributed by atoms with E-state index in [9.17, 15) is 4.39 Å². The highest BCUT2D eigenvalue weighted by atomic mass is 19.1. The van der Waals surface area contributed by atoms with Gasteiger partial charge in [-0.2, -0.15) is 0 Å². The summed E-state index contributed by atoms with van der Waals surface area (Å²) in [5.74, 6) is -0.0969. The van der Waals surface area contributed by atoms with Gasteiger partial charge < -0.3 is 0 Å². The van der Waals surface area contributed by atoms with E-state index in [1.54, 1.807) is 0 Å². The second-order valence-electron chi connectivity index (χ2n) is 6.12. The molecule has 2 heteroatoms. The number of hydrogen-bond acceptors (Lipinski definition) is 0. The van der Waals surface area contributed by atoms with Crippen molar-refractivity contribution in [2.24, 2.45) is 7.05 Å². The lowest BCUT2D eigenvalue weighted by atomic mass is 9.93. The molecule has 0 aliphatic rings. The van der Waals surface area contributed by atoms with Gasteiger partial charge in [-0.05, 0) is 61.9 Å². The van der Waals surface area contributed by atoms with Crippen molar-refractivity contribution >= 4 is 10.8 Å². The molecule has 1 nitrogen and oxygen atoms in total. The van der Waals surface area contributed by atoms with Crippen LogP contribution in [0, 0.1) is 33.5 Å². The maximum absolute atomic E-state index is 14.2. The molecule has 3 aromatic rings. The van der Waals surface area contributed by atoms with Crippen LogP contribution in [0.2, 0.25) is 0 Å². The normalized spacial score (nSPS) is 11.2. The van der Waals surface area contributed by atoms with Gasteiger partial charge >= 0.3 is 0 Å². The van der Waals surface area contributed by atoms with Crippen molar-refractivity contribution in [3.63, 3.8) is 0 Å². The Balaban J connectivity index is 2.47. The minimum atomic E-state index is -0.0969. The summed E-state index contributed by atoms with van der Waals surface area (Å²) in [7, 11) is 2.06. The predicted octanol–water partition coefficient (Wildman–Crippen LogP) is 4.70. The van der Waals surface area contributed by atoms with Gasteiger partial charge in [-0.3, -0.25) is 0 Å². The lowest BCUT2D eigenvalue weighted by Gasteiger charge is -2.13. The van der Waals surface area contributed by atoms with Crippen molar-refractivity contribution in [2.75, 3.05) is 0 Å². The largest absolute Gasteiger partial charge is 0.220 e. The van der Waals surface area contributed by atoms with E-state index in [0.717, 1.165) is 22.4 Å². The number of fused-ring (bicyclic) bond motifs is 1. The van der Waals surface area contributed by atoms with Gasteiger partial charge in [0.2, 0.25) is 5.69 Å². The summed E-state index contributed by atoms with van der Waals surface area (Å²) in [4.78, 5) is 0. The number of benzene rings is 2. The first-order valence-corrected chi connectivity index (χ1v) is 7.56. The zero-order valence-electron chi connectivity index (χ0n) is 13.8. The van der Waals surface area contributed by atoms with Gasteiger partial charge in [-0.1, -0.05) is 18.2 Å². The molecule has 2 aromatic carbocycles. The molecule has 0 aliphatic carbocycles. The van der Waals surface area contributed by atoms with Crippen LogP contribution in [0.25, 0.3) is 22.0 Å². The number of aryl methyl sites for hydroxylation is 3. The molecule has 0 saturated carbocycles. The fourth-order valence-electron chi connectivity index (χ4n) is 3.28. The van der Waals surface area contributed by atoms with Crippen LogP contribution in [0.4, 0.5) is 4.39 Å². The molecule has 0 unspecified atom stereocenters. The molecule has 0 aliphatic heterocycles. The van der Waals surface area contributed by atoms with Gasteiger partial charge in [0.15, 0.2) is 6.20 Å². The highest BCUT2D eigenvalue weighted by Crippen LogP contribution is 2.32. The van der Waals surface area contributed by atoms with Gasteiger partial charge in [-0.25, -0.2) is 8.96 Å². The molecule has 3 rings (SSSR count). The van der Waals surface area contributed by atoms with Crippen LogP contribution in [0.1, 0.15) is 22.3 Å². The topological polar surface area (TPSA) is 3.88 Å². The van der Waals surface area contributed by atoms with Crippen molar-refractivity contribution in [2.45, 2.75) is 27.7 Å². The highest BCUT2D eigenvalue weighted by molar-refractivity contribution is 5.95. The Labute approximate surface area is 131 Å². The maximum Gasteiger partial charge on any atom is 0.220 e. The van der Waals surface area contributed by atoms with Gasteiger partial charge in [0.05, 0.1) is 10.9 Å². The monoisotopic (exact) mass is 294 g/mol. The first-order chi connectivity index (χ1) is 10.4. The summed E-state index contributed by atoms with van der Waals surface area (Å²) in [5.41, 5.74) is 5.94. The maximum atomic E-state index is 14.2. The summed E-state index contributed by atoms with van der Waals surface area (Å²) in [5, 5.41) is 2.45. The summed E-state index contributed by atoms with van der Waals surface area (Å²) >= 11 is 0. The zero-order valence-corrected chi connectivity index (χ0v) is 13.8. The fourth-order valence-corrected chi connectivity index (χ4v) is 3.28. The van der Waals surface area contributed by atoms with E-state index in [1.807, 2.05) is 26.8 Å². The predicted molar refractivity (Wildman–Crippen MR) is 89.5 cm³/mol. The number of rotatable bonds is 1. The van der Waals surface area contributed by atoms with Crippen molar-refractivity contribution < 1.29 is 8.96 Å². The molecule has 112 valence electrons. The number of nitrogens with zero attached hydrogens (tertiary/aromatic N) is 1. The highest BCUT2D eigenvalue weighted by Gasteiger charge is 2.21. The SMILES string of the molecule is Cc1cc(-c2c3ccccc3c(C)c[n+]2C)c(C)c(C)c1F. The summed E-state index contributed by atoms with van der Waals surface area (Å²) in [6.45, 7) is 7.82. The minimum absolute atomic E-state index is 0.0969.